The second-order valence-corrected chi connectivity index (χ2v) is 6.80. The molecule has 0 N–H and O–H groups in total. The van der Waals surface area contributed by atoms with E-state index in [9.17, 15) is 4.79 Å². The minimum absolute atomic E-state index is 0.201. The molecule has 0 spiro atoms. The molecule has 0 aliphatic rings. The number of hydrogen-bond donors (Lipinski definition) is 0. The Hall–Kier alpha value is -3.93. The molecular formula is C26H26O6. The van der Waals surface area contributed by atoms with E-state index in [4.69, 9.17) is 23.7 Å². The molecule has 0 heterocycles. The second-order valence-electron chi connectivity index (χ2n) is 6.80. The van der Waals surface area contributed by atoms with Gasteiger partial charge in [-0.15, -0.1) is 0 Å². The predicted octanol–water partition coefficient (Wildman–Crippen LogP) is 5.20. The molecule has 0 radical (unpaired) electrons. The molecule has 0 saturated heterocycles. The monoisotopic (exact) mass is 434 g/mol. The Morgan fingerprint density at radius 3 is 2.00 bits per heavy atom. The number of methoxy groups -OCH3 is 4. The van der Waals surface area contributed by atoms with Crippen LogP contribution in [0.15, 0.2) is 66.7 Å². The van der Waals surface area contributed by atoms with Gasteiger partial charge in [-0.05, 0) is 41.5 Å². The van der Waals surface area contributed by atoms with Crippen molar-refractivity contribution < 1.29 is 28.5 Å². The lowest BCUT2D eigenvalue weighted by molar-refractivity contribution is 0.104. The number of carbonyl (C=O) groups is 1. The van der Waals surface area contributed by atoms with Crippen LogP contribution in [-0.2, 0) is 6.61 Å². The third-order valence-electron chi connectivity index (χ3n) is 4.80. The van der Waals surface area contributed by atoms with Crippen molar-refractivity contribution in [1.82, 2.24) is 0 Å². The van der Waals surface area contributed by atoms with Crippen molar-refractivity contribution in [2.75, 3.05) is 28.4 Å². The van der Waals surface area contributed by atoms with Crippen LogP contribution in [0.5, 0.6) is 28.7 Å². The maximum atomic E-state index is 12.7. The van der Waals surface area contributed by atoms with Crippen LogP contribution in [0.1, 0.15) is 21.5 Å². The highest BCUT2D eigenvalue weighted by molar-refractivity contribution is 6.07. The van der Waals surface area contributed by atoms with Crippen molar-refractivity contribution in [3.63, 3.8) is 0 Å². The van der Waals surface area contributed by atoms with Gasteiger partial charge in [-0.25, -0.2) is 0 Å². The summed E-state index contributed by atoms with van der Waals surface area (Å²) in [5, 5.41) is 0. The first-order valence-electron chi connectivity index (χ1n) is 9.96. The van der Waals surface area contributed by atoms with Crippen LogP contribution < -0.4 is 23.7 Å². The molecule has 32 heavy (non-hydrogen) atoms. The van der Waals surface area contributed by atoms with E-state index < -0.39 is 0 Å². The second kappa shape index (κ2) is 10.9. The van der Waals surface area contributed by atoms with Crippen LogP contribution in [0, 0.1) is 0 Å². The highest BCUT2D eigenvalue weighted by Crippen LogP contribution is 2.38. The zero-order chi connectivity index (χ0) is 22.9. The van der Waals surface area contributed by atoms with Crippen molar-refractivity contribution in [1.29, 1.82) is 0 Å². The molecule has 6 heteroatoms. The summed E-state index contributed by atoms with van der Waals surface area (Å²) >= 11 is 0. The number of ether oxygens (including phenoxy) is 5. The molecule has 0 aromatic heterocycles. The minimum atomic E-state index is -0.201. The minimum Gasteiger partial charge on any atom is -0.493 e. The smallest absolute Gasteiger partial charge is 0.203 e. The normalized spacial score (nSPS) is 10.6. The van der Waals surface area contributed by atoms with Gasteiger partial charge in [-0.2, -0.15) is 0 Å². The third-order valence-corrected chi connectivity index (χ3v) is 4.80. The van der Waals surface area contributed by atoms with E-state index >= 15 is 0 Å². The Bertz CT molecular complexity index is 1060. The molecule has 3 aromatic rings. The van der Waals surface area contributed by atoms with Gasteiger partial charge >= 0.3 is 0 Å². The van der Waals surface area contributed by atoms with Crippen molar-refractivity contribution in [2.24, 2.45) is 0 Å². The lowest BCUT2D eigenvalue weighted by Gasteiger charge is -2.13. The number of allylic oxidation sites excluding steroid dienone is 1. The van der Waals surface area contributed by atoms with Crippen LogP contribution in [0.3, 0.4) is 0 Å². The van der Waals surface area contributed by atoms with Gasteiger partial charge in [0.1, 0.15) is 6.61 Å². The first-order valence-corrected chi connectivity index (χ1v) is 9.96. The molecule has 3 rings (SSSR count). The average Bonchev–Trinajstić information content (AvgIpc) is 2.85. The van der Waals surface area contributed by atoms with Gasteiger partial charge in [0.2, 0.25) is 5.75 Å². The number of benzene rings is 3. The highest BCUT2D eigenvalue weighted by atomic mass is 16.5. The molecule has 6 nitrogen and oxygen atoms in total. The number of carbonyl (C=O) groups excluding carboxylic acids is 1. The molecule has 3 aromatic carbocycles. The van der Waals surface area contributed by atoms with Gasteiger partial charge in [-0.3, -0.25) is 4.79 Å². The summed E-state index contributed by atoms with van der Waals surface area (Å²) in [5.41, 5.74) is 2.29. The summed E-state index contributed by atoms with van der Waals surface area (Å²) in [6.07, 6.45) is 3.20. The summed E-state index contributed by atoms with van der Waals surface area (Å²) in [6.45, 7) is 0.437. The number of rotatable bonds is 10. The zero-order valence-corrected chi connectivity index (χ0v) is 18.6. The molecule has 0 fully saturated rings. The fourth-order valence-electron chi connectivity index (χ4n) is 3.13. The number of hydrogen-bond acceptors (Lipinski definition) is 6. The van der Waals surface area contributed by atoms with E-state index in [-0.39, 0.29) is 5.78 Å². The summed E-state index contributed by atoms with van der Waals surface area (Å²) in [5.74, 6) is 2.29. The Morgan fingerprint density at radius 1 is 0.750 bits per heavy atom. The first-order chi connectivity index (χ1) is 15.6. The van der Waals surface area contributed by atoms with Gasteiger partial charge in [0.15, 0.2) is 28.8 Å². The Labute approximate surface area is 188 Å². The Kier molecular flexibility index (Phi) is 7.75. The van der Waals surface area contributed by atoms with E-state index in [1.807, 2.05) is 48.5 Å². The molecule has 0 saturated carbocycles. The van der Waals surface area contributed by atoms with Crippen molar-refractivity contribution >= 4 is 11.9 Å². The van der Waals surface area contributed by atoms with Crippen molar-refractivity contribution in [2.45, 2.75) is 6.61 Å². The molecule has 0 amide bonds. The van der Waals surface area contributed by atoms with E-state index in [2.05, 4.69) is 0 Å². The zero-order valence-electron chi connectivity index (χ0n) is 18.6. The summed E-state index contributed by atoms with van der Waals surface area (Å²) in [4.78, 5) is 12.7. The molecule has 166 valence electrons. The topological polar surface area (TPSA) is 63.2 Å². The summed E-state index contributed by atoms with van der Waals surface area (Å²) < 4.78 is 27.3. The fraction of sp³-hybridized carbons (Fsp3) is 0.192. The van der Waals surface area contributed by atoms with E-state index in [0.717, 1.165) is 11.1 Å². The Balaban J connectivity index is 1.76. The van der Waals surface area contributed by atoms with Crippen LogP contribution >= 0.6 is 0 Å². The van der Waals surface area contributed by atoms with E-state index in [1.165, 1.54) is 27.4 Å². The first kappa shape index (κ1) is 22.7. The Morgan fingerprint density at radius 2 is 1.41 bits per heavy atom. The van der Waals surface area contributed by atoms with Gasteiger partial charge < -0.3 is 23.7 Å². The molecule has 0 aliphatic carbocycles. The van der Waals surface area contributed by atoms with Gasteiger partial charge in [0, 0.05) is 5.56 Å². The molecule has 0 atom stereocenters. The maximum absolute atomic E-state index is 12.7. The average molecular weight is 434 g/mol. The van der Waals surface area contributed by atoms with Gasteiger partial charge in [-0.1, -0.05) is 42.5 Å². The lowest BCUT2D eigenvalue weighted by atomic mass is 10.1. The largest absolute Gasteiger partial charge is 0.493 e. The predicted molar refractivity (Wildman–Crippen MR) is 123 cm³/mol. The molecule has 0 bridgehead atoms. The SMILES string of the molecule is COc1cc(/C=C/C(=O)c2cc(OC)c(OC)c(OC)c2)ccc1OCc1ccccc1. The third kappa shape index (κ3) is 5.40. The maximum Gasteiger partial charge on any atom is 0.203 e. The van der Waals surface area contributed by atoms with Crippen molar-refractivity contribution in [3.05, 3.63) is 83.4 Å². The van der Waals surface area contributed by atoms with Gasteiger partial charge in [0.05, 0.1) is 28.4 Å². The van der Waals surface area contributed by atoms with Gasteiger partial charge in [0.25, 0.3) is 0 Å². The summed E-state index contributed by atoms with van der Waals surface area (Å²) in [7, 11) is 6.12. The van der Waals surface area contributed by atoms with Crippen LogP contribution in [-0.4, -0.2) is 34.2 Å². The number of ketones is 1. The van der Waals surface area contributed by atoms with Crippen LogP contribution in [0.25, 0.3) is 6.08 Å². The quantitative estimate of drug-likeness (QED) is 0.323. The van der Waals surface area contributed by atoms with E-state index in [0.29, 0.717) is 40.9 Å². The van der Waals surface area contributed by atoms with E-state index in [1.54, 1.807) is 25.3 Å². The fourth-order valence-corrected chi connectivity index (χ4v) is 3.13. The molecule has 0 aliphatic heterocycles. The highest BCUT2D eigenvalue weighted by Gasteiger charge is 2.16. The lowest BCUT2D eigenvalue weighted by Crippen LogP contribution is -2.00. The summed E-state index contributed by atoms with van der Waals surface area (Å²) in [6, 6.07) is 18.6. The molecule has 0 unspecified atom stereocenters. The molecular weight excluding hydrogens is 408 g/mol. The standard InChI is InChI=1S/C26H26O6/c1-28-23-14-18(11-13-22(23)32-17-19-8-6-5-7-9-19)10-12-21(27)20-15-24(29-2)26(31-4)25(16-20)30-3/h5-16H,17H2,1-4H3/b12-10+. The van der Waals surface area contributed by atoms with Crippen LogP contribution in [0.4, 0.5) is 0 Å². The van der Waals surface area contributed by atoms with Crippen molar-refractivity contribution in [3.8, 4) is 28.7 Å². The van der Waals surface area contributed by atoms with Crippen LogP contribution in [0.2, 0.25) is 0 Å².